The third kappa shape index (κ3) is 4.62. The summed E-state index contributed by atoms with van der Waals surface area (Å²) in [5.41, 5.74) is 1.29. The van der Waals surface area contributed by atoms with Gasteiger partial charge in [-0.25, -0.2) is 18.1 Å². The van der Waals surface area contributed by atoms with Gasteiger partial charge in [-0.3, -0.25) is 14.0 Å². The highest BCUT2D eigenvalue weighted by Gasteiger charge is 2.14. The van der Waals surface area contributed by atoms with Gasteiger partial charge in [-0.2, -0.15) is 0 Å². The topological polar surface area (TPSA) is 107 Å². The fraction of sp³-hybridized carbons (Fsp3) is 0.211. The molecule has 9 heteroatoms. The Balaban J connectivity index is 1.55. The van der Waals surface area contributed by atoms with Crippen molar-refractivity contribution < 1.29 is 17.9 Å². The number of benzene rings is 1. The molecule has 0 unspecified atom stereocenters. The summed E-state index contributed by atoms with van der Waals surface area (Å²) in [5.74, 6) is -0.595. The average Bonchev–Trinajstić information content (AvgIpc) is 2.67. The molecule has 0 fully saturated rings. The average molecular weight is 401 g/mol. The third-order valence-corrected chi connectivity index (χ3v) is 5.47. The van der Waals surface area contributed by atoms with Crippen molar-refractivity contribution in [3.63, 3.8) is 0 Å². The van der Waals surface area contributed by atoms with Gasteiger partial charge in [-0.1, -0.05) is 24.3 Å². The molecular formula is C19H19N3O5S. The van der Waals surface area contributed by atoms with Gasteiger partial charge in [0, 0.05) is 18.3 Å². The van der Waals surface area contributed by atoms with E-state index in [4.69, 9.17) is 4.74 Å². The maximum absolute atomic E-state index is 12.2. The van der Waals surface area contributed by atoms with Crippen LogP contribution in [0.1, 0.15) is 17.8 Å². The maximum Gasteiger partial charge on any atom is 0.307 e. The first kappa shape index (κ1) is 19.7. The van der Waals surface area contributed by atoms with E-state index in [1.807, 2.05) is 0 Å². The molecule has 0 saturated carbocycles. The van der Waals surface area contributed by atoms with Gasteiger partial charge in [0.15, 0.2) is 0 Å². The number of hydrogen-bond acceptors (Lipinski definition) is 6. The quantitative estimate of drug-likeness (QED) is 0.600. The summed E-state index contributed by atoms with van der Waals surface area (Å²) in [6.45, 7) is 1.54. The minimum Gasteiger partial charge on any atom is -0.459 e. The van der Waals surface area contributed by atoms with Gasteiger partial charge in [0.1, 0.15) is 12.3 Å². The lowest BCUT2D eigenvalue weighted by Gasteiger charge is -2.08. The van der Waals surface area contributed by atoms with Crippen LogP contribution in [0.4, 0.5) is 0 Å². The molecule has 3 rings (SSSR count). The summed E-state index contributed by atoms with van der Waals surface area (Å²) in [5, 5.41) is 0. The number of sulfonamides is 1. The van der Waals surface area contributed by atoms with E-state index in [1.54, 1.807) is 43.3 Å². The fourth-order valence-electron chi connectivity index (χ4n) is 2.63. The molecule has 0 spiro atoms. The van der Waals surface area contributed by atoms with Crippen molar-refractivity contribution in [3.05, 3.63) is 76.3 Å². The molecule has 0 atom stereocenters. The first-order valence-corrected chi connectivity index (χ1v) is 10.0. The van der Waals surface area contributed by atoms with Crippen LogP contribution in [0.2, 0.25) is 0 Å². The Hall–Kier alpha value is -3.04. The van der Waals surface area contributed by atoms with Crippen LogP contribution in [0, 0.1) is 6.92 Å². The van der Waals surface area contributed by atoms with Crippen LogP contribution in [-0.4, -0.2) is 30.3 Å². The lowest BCUT2D eigenvalue weighted by Crippen LogP contribution is -2.26. The number of pyridine rings is 1. The largest absolute Gasteiger partial charge is 0.459 e. The van der Waals surface area contributed by atoms with Gasteiger partial charge >= 0.3 is 5.97 Å². The predicted molar refractivity (Wildman–Crippen MR) is 102 cm³/mol. The van der Waals surface area contributed by atoms with E-state index in [2.05, 4.69) is 9.71 Å². The number of ether oxygens (including phenoxy) is 1. The van der Waals surface area contributed by atoms with Crippen molar-refractivity contribution >= 4 is 21.6 Å². The third-order valence-electron chi connectivity index (χ3n) is 3.99. The number of carbonyl (C=O) groups excluding carboxylic acids is 1. The summed E-state index contributed by atoms with van der Waals surface area (Å²) in [6, 6.07) is 14.5. The lowest BCUT2D eigenvalue weighted by molar-refractivity contribution is -0.144. The lowest BCUT2D eigenvalue weighted by atomic mass is 10.3. The number of rotatable bonds is 7. The molecule has 0 aliphatic rings. The maximum atomic E-state index is 12.2. The van der Waals surface area contributed by atoms with Crippen LogP contribution in [-0.2, 0) is 26.2 Å². The van der Waals surface area contributed by atoms with E-state index < -0.39 is 16.0 Å². The molecule has 1 N–H and O–H groups in total. The number of aromatic nitrogens is 2. The van der Waals surface area contributed by atoms with Crippen LogP contribution < -0.4 is 10.3 Å². The van der Waals surface area contributed by atoms with E-state index in [0.29, 0.717) is 11.3 Å². The van der Waals surface area contributed by atoms with Gasteiger partial charge in [0.05, 0.1) is 17.0 Å². The molecule has 0 bridgehead atoms. The van der Waals surface area contributed by atoms with Gasteiger partial charge in [-0.15, -0.1) is 0 Å². The molecular weight excluding hydrogens is 382 g/mol. The molecule has 1 aromatic carbocycles. The van der Waals surface area contributed by atoms with E-state index in [9.17, 15) is 18.0 Å². The van der Waals surface area contributed by atoms with E-state index in [1.165, 1.54) is 22.6 Å². The van der Waals surface area contributed by atoms with E-state index >= 15 is 0 Å². The summed E-state index contributed by atoms with van der Waals surface area (Å²) < 4.78 is 33.1. The van der Waals surface area contributed by atoms with Gasteiger partial charge in [-0.05, 0) is 31.2 Å². The molecule has 28 heavy (non-hydrogen) atoms. The number of aryl methyl sites for hydroxylation is 1. The number of carbonyl (C=O) groups is 1. The molecule has 0 aliphatic carbocycles. The second-order valence-corrected chi connectivity index (χ2v) is 7.83. The Morgan fingerprint density at radius 3 is 2.64 bits per heavy atom. The van der Waals surface area contributed by atoms with E-state index in [-0.39, 0.29) is 30.0 Å². The van der Waals surface area contributed by atoms with Crippen LogP contribution in [0.15, 0.2) is 64.3 Å². The van der Waals surface area contributed by atoms with Crippen molar-refractivity contribution in [2.24, 2.45) is 0 Å². The minimum atomic E-state index is -3.67. The highest BCUT2D eigenvalue weighted by Crippen LogP contribution is 2.07. The summed E-state index contributed by atoms with van der Waals surface area (Å²) in [7, 11) is -3.67. The van der Waals surface area contributed by atoms with Crippen molar-refractivity contribution in [2.45, 2.75) is 24.8 Å². The van der Waals surface area contributed by atoms with Crippen molar-refractivity contribution in [2.75, 3.05) is 6.54 Å². The minimum absolute atomic E-state index is 0.0942. The zero-order chi connectivity index (χ0) is 20.1. The Labute approximate surface area is 161 Å². The van der Waals surface area contributed by atoms with Crippen LogP contribution in [0.5, 0.6) is 0 Å². The van der Waals surface area contributed by atoms with Gasteiger partial charge < -0.3 is 4.74 Å². The number of esters is 1. The highest BCUT2D eigenvalue weighted by atomic mass is 32.2. The summed E-state index contributed by atoms with van der Waals surface area (Å²) >= 11 is 0. The number of nitrogens with one attached hydrogen (secondary N) is 1. The zero-order valence-electron chi connectivity index (χ0n) is 15.2. The second kappa shape index (κ2) is 8.32. The van der Waals surface area contributed by atoms with Crippen molar-refractivity contribution in [1.82, 2.24) is 14.1 Å². The highest BCUT2D eigenvalue weighted by molar-refractivity contribution is 7.89. The summed E-state index contributed by atoms with van der Waals surface area (Å²) in [4.78, 5) is 28.5. The van der Waals surface area contributed by atoms with Crippen molar-refractivity contribution in [3.8, 4) is 0 Å². The van der Waals surface area contributed by atoms with Crippen LogP contribution in [0.3, 0.4) is 0 Å². The molecule has 0 amide bonds. The molecule has 8 nitrogen and oxygen atoms in total. The van der Waals surface area contributed by atoms with Crippen LogP contribution >= 0.6 is 0 Å². The Morgan fingerprint density at radius 2 is 1.89 bits per heavy atom. The second-order valence-electron chi connectivity index (χ2n) is 6.07. The number of hydrogen-bond donors (Lipinski definition) is 1. The monoisotopic (exact) mass is 401 g/mol. The molecule has 0 saturated heterocycles. The SMILES string of the molecule is Cc1cccc2nc(COC(=O)CCNS(=O)(=O)c3ccccc3)cc(=O)n12. The van der Waals surface area contributed by atoms with Gasteiger partial charge in [0.2, 0.25) is 10.0 Å². The zero-order valence-corrected chi connectivity index (χ0v) is 16.0. The Bertz CT molecular complexity index is 1160. The predicted octanol–water partition coefficient (Wildman–Crippen LogP) is 1.41. The number of nitrogens with zero attached hydrogens (tertiary/aromatic N) is 2. The van der Waals surface area contributed by atoms with Gasteiger partial charge in [0.25, 0.3) is 5.56 Å². The molecule has 0 radical (unpaired) electrons. The first-order valence-electron chi connectivity index (χ1n) is 8.55. The smallest absolute Gasteiger partial charge is 0.307 e. The molecule has 2 aromatic heterocycles. The molecule has 3 aromatic rings. The molecule has 2 heterocycles. The normalized spacial score (nSPS) is 11.5. The first-order chi connectivity index (χ1) is 13.4. The number of fused-ring (bicyclic) bond motifs is 1. The Morgan fingerprint density at radius 1 is 1.14 bits per heavy atom. The standard InChI is InChI=1S/C19H19N3O5S/c1-14-6-5-9-17-21-15(12-18(23)22(14)17)13-27-19(24)10-11-20-28(25,26)16-7-3-2-4-8-16/h2-9,12,20H,10-11,13H2,1H3. The Kier molecular flexibility index (Phi) is 5.86. The summed E-state index contributed by atoms with van der Waals surface area (Å²) in [6.07, 6.45) is -0.141. The molecule has 146 valence electrons. The molecule has 0 aliphatic heterocycles. The van der Waals surface area contributed by atoms with E-state index in [0.717, 1.165) is 5.69 Å². The van der Waals surface area contributed by atoms with Crippen LogP contribution in [0.25, 0.3) is 5.65 Å². The van der Waals surface area contributed by atoms with Crippen molar-refractivity contribution in [1.29, 1.82) is 0 Å². The fourth-order valence-corrected chi connectivity index (χ4v) is 3.69.